The van der Waals surface area contributed by atoms with Crippen molar-refractivity contribution in [1.82, 2.24) is 4.98 Å². The number of esters is 1. The number of carbonyl (C=O) groups is 2. The number of nitrogens with one attached hydrogen (secondary N) is 1. The van der Waals surface area contributed by atoms with Gasteiger partial charge in [-0.1, -0.05) is 11.6 Å². The summed E-state index contributed by atoms with van der Waals surface area (Å²) in [6.45, 7) is 2.12. The van der Waals surface area contributed by atoms with E-state index in [0.29, 0.717) is 30.2 Å². The van der Waals surface area contributed by atoms with Gasteiger partial charge in [0.05, 0.1) is 23.4 Å². The van der Waals surface area contributed by atoms with Crippen LogP contribution in [0.2, 0.25) is 5.02 Å². The Morgan fingerprint density at radius 1 is 1.21 bits per heavy atom. The summed E-state index contributed by atoms with van der Waals surface area (Å²) in [5.74, 6) is -0.643. The normalized spacial score (nSPS) is 27.6. The Bertz CT molecular complexity index is 981. The second-order valence-corrected chi connectivity index (χ2v) is 9.01. The number of rotatable bonds is 5. The molecule has 7 nitrogen and oxygen atoms in total. The number of ether oxygens (including phenoxy) is 1. The molecule has 2 unspecified atom stereocenters. The van der Waals surface area contributed by atoms with E-state index < -0.39 is 16.6 Å². The lowest BCUT2D eigenvalue weighted by molar-refractivity contribution is -0.153. The number of Topliss-reactive ketones (excluding diaryl/α,β-unsaturated/α-hetero) is 1. The topological polar surface area (TPSA) is 137 Å². The molecular weight excluding hydrogens is 392 g/mol. The highest BCUT2D eigenvalue weighted by molar-refractivity contribution is 6.31. The number of aromatic nitrogens is 1. The predicted molar refractivity (Wildman–Crippen MR) is 111 cm³/mol. The monoisotopic (exact) mass is 418 g/mol. The van der Waals surface area contributed by atoms with Crippen LogP contribution < -0.4 is 17.2 Å². The maximum atomic E-state index is 13.5. The molecule has 8 heteroatoms. The van der Waals surface area contributed by atoms with E-state index in [1.54, 1.807) is 31.2 Å². The van der Waals surface area contributed by atoms with Gasteiger partial charge in [0.1, 0.15) is 5.54 Å². The van der Waals surface area contributed by atoms with Crippen molar-refractivity contribution in [3.63, 3.8) is 0 Å². The second-order valence-electron chi connectivity index (χ2n) is 8.57. The number of ketones is 1. The molecule has 2 fully saturated rings. The molecule has 0 radical (unpaired) electrons. The van der Waals surface area contributed by atoms with E-state index in [-0.39, 0.29) is 24.1 Å². The van der Waals surface area contributed by atoms with E-state index in [0.717, 1.165) is 23.7 Å². The lowest BCUT2D eigenvalue weighted by Crippen LogP contribution is -2.77. The van der Waals surface area contributed by atoms with Crippen LogP contribution in [0.15, 0.2) is 24.3 Å². The fourth-order valence-corrected chi connectivity index (χ4v) is 4.93. The van der Waals surface area contributed by atoms with Gasteiger partial charge >= 0.3 is 5.97 Å². The molecule has 2 aliphatic carbocycles. The van der Waals surface area contributed by atoms with Crippen LogP contribution >= 0.6 is 11.6 Å². The van der Waals surface area contributed by atoms with Crippen LogP contribution in [-0.4, -0.2) is 34.5 Å². The van der Waals surface area contributed by atoms with Crippen molar-refractivity contribution in [2.24, 2.45) is 28.5 Å². The first-order valence-corrected chi connectivity index (χ1v) is 10.4. The maximum Gasteiger partial charge on any atom is 0.312 e. The minimum Gasteiger partial charge on any atom is -0.466 e. The molecule has 4 rings (SSSR count). The number of benzene rings is 1. The third kappa shape index (κ3) is 3.17. The molecule has 2 saturated carbocycles. The minimum atomic E-state index is -1.50. The minimum absolute atomic E-state index is 0.0884. The number of carbonyl (C=O) groups excluding carboxylic acids is 2. The second kappa shape index (κ2) is 6.80. The van der Waals surface area contributed by atoms with Crippen molar-refractivity contribution >= 4 is 34.3 Å². The summed E-state index contributed by atoms with van der Waals surface area (Å²) in [5.41, 5.74) is 17.0. The summed E-state index contributed by atoms with van der Waals surface area (Å²) in [7, 11) is 0. The number of halogens is 1. The van der Waals surface area contributed by atoms with Crippen LogP contribution in [0.4, 0.5) is 0 Å². The van der Waals surface area contributed by atoms with Crippen molar-refractivity contribution in [2.75, 3.05) is 6.61 Å². The Morgan fingerprint density at radius 2 is 1.93 bits per heavy atom. The average Bonchev–Trinajstić information content (AvgIpc) is 3.37. The summed E-state index contributed by atoms with van der Waals surface area (Å²) < 4.78 is 5.29. The van der Waals surface area contributed by atoms with Gasteiger partial charge in [0.15, 0.2) is 0 Å². The highest BCUT2D eigenvalue weighted by atomic mass is 35.5. The standard InChI is InChI=1S/C21H27ClN4O3/c1-2-29-18(28)19(7-8-19)13-5-6-21(24,25)20(23,11-13)17(27)16-10-12-9-14(22)3-4-15(12)26-16/h3-4,9-10,13,26H,2,5-8,11,23-25H2,1H3. The van der Waals surface area contributed by atoms with Gasteiger partial charge in [-0.25, -0.2) is 0 Å². The third-order valence-corrected chi connectivity index (χ3v) is 7.03. The Balaban J connectivity index is 1.67. The zero-order chi connectivity index (χ0) is 21.0. The van der Waals surface area contributed by atoms with Crippen molar-refractivity contribution < 1.29 is 14.3 Å². The molecule has 0 saturated heterocycles. The first kappa shape index (κ1) is 20.3. The molecule has 156 valence electrons. The lowest BCUT2D eigenvalue weighted by atomic mass is 9.63. The van der Waals surface area contributed by atoms with E-state index in [4.69, 9.17) is 33.5 Å². The Labute approximate surface area is 174 Å². The third-order valence-electron chi connectivity index (χ3n) is 6.79. The van der Waals surface area contributed by atoms with Gasteiger partial charge in [-0.2, -0.15) is 0 Å². The van der Waals surface area contributed by atoms with Gasteiger partial charge in [-0.05, 0) is 69.2 Å². The molecule has 2 atom stereocenters. The van der Waals surface area contributed by atoms with Crippen molar-refractivity contribution in [3.05, 3.63) is 35.0 Å². The molecule has 7 N–H and O–H groups in total. The van der Waals surface area contributed by atoms with Gasteiger partial charge in [-0.15, -0.1) is 0 Å². The summed E-state index contributed by atoms with van der Waals surface area (Å²) in [5, 5.41) is 1.38. The number of aromatic amines is 1. The van der Waals surface area contributed by atoms with Crippen LogP contribution in [0.3, 0.4) is 0 Å². The zero-order valence-electron chi connectivity index (χ0n) is 16.5. The van der Waals surface area contributed by atoms with Crippen molar-refractivity contribution in [1.29, 1.82) is 0 Å². The number of H-pyrrole nitrogens is 1. The van der Waals surface area contributed by atoms with Gasteiger partial charge in [0.2, 0.25) is 5.78 Å². The first-order valence-electron chi connectivity index (χ1n) is 10.00. The van der Waals surface area contributed by atoms with Crippen molar-refractivity contribution in [2.45, 2.75) is 50.2 Å². The van der Waals surface area contributed by atoms with Crippen LogP contribution in [0.1, 0.15) is 49.5 Å². The van der Waals surface area contributed by atoms with E-state index in [1.807, 2.05) is 0 Å². The Morgan fingerprint density at radius 3 is 2.59 bits per heavy atom. The number of fused-ring (bicyclic) bond motifs is 1. The van der Waals surface area contributed by atoms with E-state index in [9.17, 15) is 9.59 Å². The van der Waals surface area contributed by atoms with E-state index >= 15 is 0 Å². The molecule has 0 spiro atoms. The smallest absolute Gasteiger partial charge is 0.312 e. The summed E-state index contributed by atoms with van der Waals surface area (Å²) in [6, 6.07) is 7.04. The zero-order valence-corrected chi connectivity index (χ0v) is 17.2. The predicted octanol–water partition coefficient (Wildman–Crippen LogP) is 2.46. The molecule has 29 heavy (non-hydrogen) atoms. The van der Waals surface area contributed by atoms with E-state index in [2.05, 4.69) is 4.98 Å². The van der Waals surface area contributed by atoms with Crippen LogP contribution in [-0.2, 0) is 9.53 Å². The average molecular weight is 419 g/mol. The summed E-state index contributed by atoms with van der Waals surface area (Å²) in [6.07, 6.45) is 2.73. The molecule has 0 bridgehead atoms. The molecule has 1 aromatic carbocycles. The fourth-order valence-electron chi connectivity index (χ4n) is 4.75. The van der Waals surface area contributed by atoms with Crippen LogP contribution in [0.25, 0.3) is 10.9 Å². The van der Waals surface area contributed by atoms with Crippen LogP contribution in [0.5, 0.6) is 0 Å². The molecular formula is C21H27ClN4O3. The van der Waals surface area contributed by atoms with Gasteiger partial charge in [0, 0.05) is 15.9 Å². The fraction of sp³-hybridized carbons (Fsp3) is 0.524. The van der Waals surface area contributed by atoms with Crippen molar-refractivity contribution in [3.8, 4) is 0 Å². The quantitative estimate of drug-likeness (QED) is 0.334. The molecule has 0 aliphatic heterocycles. The number of hydrogen-bond acceptors (Lipinski definition) is 6. The summed E-state index contributed by atoms with van der Waals surface area (Å²) in [4.78, 5) is 29.2. The largest absolute Gasteiger partial charge is 0.466 e. The Hall–Kier alpha value is -1.93. The molecule has 1 aromatic heterocycles. The molecule has 1 heterocycles. The first-order chi connectivity index (χ1) is 13.6. The maximum absolute atomic E-state index is 13.5. The summed E-state index contributed by atoms with van der Waals surface area (Å²) >= 11 is 6.05. The highest BCUT2D eigenvalue weighted by Crippen LogP contribution is 2.58. The van der Waals surface area contributed by atoms with E-state index in [1.165, 1.54) is 0 Å². The number of nitrogens with two attached hydrogens (primary N) is 3. The Kier molecular flexibility index (Phi) is 4.77. The molecule has 2 aromatic rings. The SMILES string of the molecule is CCOC(=O)C1(C2CCC(N)(N)C(N)(C(=O)c3cc4cc(Cl)ccc4[nH]3)C2)CC1. The molecule has 0 amide bonds. The molecule has 2 aliphatic rings. The van der Waals surface area contributed by atoms with Gasteiger partial charge in [-0.3, -0.25) is 9.59 Å². The number of hydrogen-bond donors (Lipinski definition) is 4. The highest BCUT2D eigenvalue weighted by Gasteiger charge is 2.63. The lowest BCUT2D eigenvalue weighted by Gasteiger charge is -2.49. The van der Waals surface area contributed by atoms with Crippen LogP contribution in [0, 0.1) is 11.3 Å². The van der Waals surface area contributed by atoms with Gasteiger partial charge in [0.25, 0.3) is 0 Å². The van der Waals surface area contributed by atoms with Gasteiger partial charge < -0.3 is 26.9 Å².